The van der Waals surface area contributed by atoms with Gasteiger partial charge in [0.1, 0.15) is 0 Å². The van der Waals surface area contributed by atoms with E-state index in [0.29, 0.717) is 11.3 Å². The third-order valence-corrected chi connectivity index (χ3v) is 3.67. The number of pyridine rings is 1. The number of carbonyl (C=O) groups excluding carboxylic acids is 1. The van der Waals surface area contributed by atoms with E-state index in [4.69, 9.17) is 0 Å². The van der Waals surface area contributed by atoms with Gasteiger partial charge in [0.15, 0.2) is 5.78 Å². The molecule has 0 aliphatic carbocycles. The van der Waals surface area contributed by atoms with Crippen molar-refractivity contribution in [2.24, 2.45) is 0 Å². The second kappa shape index (κ2) is 5.53. The van der Waals surface area contributed by atoms with Gasteiger partial charge in [-0.05, 0) is 13.0 Å². The van der Waals surface area contributed by atoms with E-state index in [2.05, 4.69) is 4.98 Å². The molecule has 0 bridgehead atoms. The average molecular weight is 311 g/mol. The van der Waals surface area contributed by atoms with Crippen LogP contribution in [-0.4, -0.2) is 20.3 Å². The van der Waals surface area contributed by atoms with Crippen LogP contribution in [0.4, 0.5) is 5.69 Å². The van der Waals surface area contributed by atoms with E-state index in [1.807, 2.05) is 24.3 Å². The summed E-state index contributed by atoms with van der Waals surface area (Å²) >= 11 is 0. The summed E-state index contributed by atoms with van der Waals surface area (Å²) in [5.41, 5.74) is 1.35. The monoisotopic (exact) mass is 311 g/mol. The van der Waals surface area contributed by atoms with Gasteiger partial charge in [-0.25, -0.2) is 0 Å². The van der Waals surface area contributed by atoms with Crippen molar-refractivity contribution in [3.63, 3.8) is 0 Å². The number of hydrogen-bond acceptors (Lipinski definition) is 4. The van der Waals surface area contributed by atoms with Gasteiger partial charge in [0.25, 0.3) is 11.2 Å². The molecule has 0 saturated heterocycles. The highest BCUT2D eigenvalue weighted by Gasteiger charge is 2.17. The SMILES string of the molecule is Cc1[nH]c2ccccc2c1C(=O)Cn1cc([N+](=O)[O-])ccc1=O. The minimum absolute atomic E-state index is 0.229. The number of fused-ring (bicyclic) bond motifs is 1. The number of nitrogens with zero attached hydrogens (tertiary/aromatic N) is 2. The maximum absolute atomic E-state index is 12.6. The molecule has 2 aromatic heterocycles. The molecule has 0 amide bonds. The van der Waals surface area contributed by atoms with Gasteiger partial charge < -0.3 is 9.55 Å². The van der Waals surface area contributed by atoms with Crippen molar-refractivity contribution < 1.29 is 9.72 Å². The Labute approximate surface area is 130 Å². The average Bonchev–Trinajstić information content (AvgIpc) is 2.85. The van der Waals surface area contributed by atoms with Gasteiger partial charge in [0, 0.05) is 34.3 Å². The van der Waals surface area contributed by atoms with Gasteiger partial charge in [0.2, 0.25) is 0 Å². The summed E-state index contributed by atoms with van der Waals surface area (Å²) in [7, 11) is 0. The lowest BCUT2D eigenvalue weighted by Crippen LogP contribution is -2.23. The molecule has 7 nitrogen and oxygen atoms in total. The molecular formula is C16H13N3O4. The number of aromatic amines is 1. The molecule has 1 N–H and O–H groups in total. The molecule has 0 atom stereocenters. The minimum atomic E-state index is -0.600. The van der Waals surface area contributed by atoms with E-state index in [-0.39, 0.29) is 18.0 Å². The Hall–Kier alpha value is -3.22. The highest BCUT2D eigenvalue weighted by Crippen LogP contribution is 2.22. The Morgan fingerprint density at radius 1 is 1.26 bits per heavy atom. The third kappa shape index (κ3) is 2.64. The first-order valence-corrected chi connectivity index (χ1v) is 6.93. The predicted molar refractivity (Wildman–Crippen MR) is 84.7 cm³/mol. The first kappa shape index (κ1) is 14.7. The van der Waals surface area contributed by atoms with Crippen LogP contribution in [0.15, 0.2) is 47.4 Å². The van der Waals surface area contributed by atoms with E-state index in [0.717, 1.165) is 33.8 Å². The molecular weight excluding hydrogens is 298 g/mol. The molecule has 23 heavy (non-hydrogen) atoms. The fourth-order valence-corrected chi connectivity index (χ4v) is 2.62. The number of rotatable bonds is 4. The third-order valence-electron chi connectivity index (χ3n) is 3.67. The van der Waals surface area contributed by atoms with E-state index in [9.17, 15) is 19.7 Å². The molecule has 0 aliphatic heterocycles. The van der Waals surface area contributed by atoms with Gasteiger partial charge >= 0.3 is 0 Å². The number of hydrogen-bond donors (Lipinski definition) is 1. The zero-order valence-corrected chi connectivity index (χ0v) is 12.3. The number of H-pyrrole nitrogens is 1. The molecule has 0 radical (unpaired) electrons. The number of benzene rings is 1. The van der Waals surface area contributed by atoms with E-state index >= 15 is 0 Å². The number of aryl methyl sites for hydroxylation is 1. The molecule has 0 unspecified atom stereocenters. The molecule has 0 saturated carbocycles. The lowest BCUT2D eigenvalue weighted by Gasteiger charge is -2.05. The second-order valence-corrected chi connectivity index (χ2v) is 5.20. The second-order valence-electron chi connectivity index (χ2n) is 5.20. The maximum Gasteiger partial charge on any atom is 0.285 e. The first-order chi connectivity index (χ1) is 11.0. The lowest BCUT2D eigenvalue weighted by molar-refractivity contribution is -0.385. The summed E-state index contributed by atoms with van der Waals surface area (Å²) in [6.07, 6.45) is 1.09. The lowest BCUT2D eigenvalue weighted by atomic mass is 10.1. The van der Waals surface area contributed by atoms with Gasteiger partial charge in [-0.1, -0.05) is 18.2 Å². The van der Waals surface area contributed by atoms with Gasteiger partial charge in [-0.3, -0.25) is 19.7 Å². The molecule has 0 spiro atoms. The Morgan fingerprint density at radius 2 is 2.00 bits per heavy atom. The molecule has 2 heterocycles. The van der Waals surface area contributed by atoms with Crippen LogP contribution in [-0.2, 0) is 6.54 Å². The van der Waals surface area contributed by atoms with Crippen LogP contribution in [0, 0.1) is 17.0 Å². The Kier molecular flexibility index (Phi) is 3.53. The molecule has 3 rings (SSSR count). The zero-order valence-electron chi connectivity index (χ0n) is 12.3. The standard InChI is InChI=1S/C16H13N3O4/c1-10-16(12-4-2-3-5-13(12)17-10)14(20)9-18-8-11(19(22)23)6-7-15(18)21/h2-8,17H,9H2,1H3. The molecule has 0 fully saturated rings. The van der Waals surface area contributed by atoms with Crippen molar-refractivity contribution >= 4 is 22.4 Å². The number of Topliss-reactive ketones (excluding diaryl/α,β-unsaturated/α-hetero) is 1. The fourth-order valence-electron chi connectivity index (χ4n) is 2.62. The fraction of sp³-hybridized carbons (Fsp3) is 0.125. The number of nitro groups is 1. The smallest absolute Gasteiger partial charge is 0.285 e. The molecule has 7 heteroatoms. The Morgan fingerprint density at radius 3 is 2.74 bits per heavy atom. The van der Waals surface area contributed by atoms with Gasteiger partial charge in [-0.15, -0.1) is 0 Å². The number of carbonyl (C=O) groups is 1. The van der Waals surface area contributed by atoms with Gasteiger partial charge in [-0.2, -0.15) is 0 Å². The highest BCUT2D eigenvalue weighted by atomic mass is 16.6. The van der Waals surface area contributed by atoms with Crippen molar-refractivity contribution in [1.82, 2.24) is 9.55 Å². The molecule has 116 valence electrons. The minimum Gasteiger partial charge on any atom is -0.358 e. The Bertz CT molecular complexity index is 984. The molecule has 0 aliphatic rings. The van der Waals surface area contributed by atoms with Crippen LogP contribution >= 0.6 is 0 Å². The van der Waals surface area contributed by atoms with E-state index in [1.54, 1.807) is 6.92 Å². The summed E-state index contributed by atoms with van der Waals surface area (Å²) in [6.45, 7) is 1.53. The summed E-state index contributed by atoms with van der Waals surface area (Å²) in [6, 6.07) is 9.58. The van der Waals surface area contributed by atoms with Crippen LogP contribution in [0.25, 0.3) is 10.9 Å². The van der Waals surface area contributed by atoms with Crippen molar-refractivity contribution in [2.75, 3.05) is 0 Å². The van der Waals surface area contributed by atoms with Crippen LogP contribution in [0.5, 0.6) is 0 Å². The highest BCUT2D eigenvalue weighted by molar-refractivity contribution is 6.09. The topological polar surface area (TPSA) is 98.0 Å². The predicted octanol–water partition coefficient (Wildman–Crippen LogP) is 2.43. The van der Waals surface area contributed by atoms with E-state index in [1.165, 1.54) is 0 Å². The summed E-state index contributed by atoms with van der Waals surface area (Å²) in [5.74, 6) is -0.275. The first-order valence-electron chi connectivity index (χ1n) is 6.93. The van der Waals surface area contributed by atoms with Gasteiger partial charge in [0.05, 0.1) is 17.7 Å². The maximum atomic E-state index is 12.6. The Balaban J connectivity index is 2.02. The van der Waals surface area contributed by atoms with Crippen LogP contribution in [0.1, 0.15) is 16.1 Å². The molecule has 3 aromatic rings. The quantitative estimate of drug-likeness (QED) is 0.454. The number of aromatic nitrogens is 2. The van der Waals surface area contributed by atoms with Crippen molar-refractivity contribution in [3.8, 4) is 0 Å². The normalized spacial score (nSPS) is 10.8. The number of nitrogens with one attached hydrogen (secondary N) is 1. The van der Waals surface area contributed by atoms with Crippen LogP contribution in [0.3, 0.4) is 0 Å². The van der Waals surface area contributed by atoms with Crippen molar-refractivity contribution in [3.05, 3.63) is 74.3 Å². The van der Waals surface area contributed by atoms with Crippen molar-refractivity contribution in [2.45, 2.75) is 13.5 Å². The van der Waals surface area contributed by atoms with E-state index < -0.39 is 10.5 Å². The summed E-state index contributed by atoms with van der Waals surface area (Å²) < 4.78 is 1.06. The van der Waals surface area contributed by atoms with Crippen LogP contribution in [0.2, 0.25) is 0 Å². The zero-order chi connectivity index (χ0) is 16.6. The summed E-state index contributed by atoms with van der Waals surface area (Å²) in [5, 5.41) is 11.6. The largest absolute Gasteiger partial charge is 0.358 e. The van der Waals surface area contributed by atoms with Crippen LogP contribution < -0.4 is 5.56 Å². The van der Waals surface area contributed by atoms with Crippen molar-refractivity contribution in [1.29, 1.82) is 0 Å². The number of para-hydroxylation sites is 1. The summed E-state index contributed by atoms with van der Waals surface area (Å²) in [4.78, 5) is 37.8. The molecule has 1 aromatic carbocycles. The number of ketones is 1.